The Kier molecular flexibility index (Phi) is 4.45. The average Bonchev–Trinajstić information content (AvgIpc) is 2.20. The van der Waals surface area contributed by atoms with E-state index < -0.39 is 4.92 Å². The van der Waals surface area contributed by atoms with Crippen LogP contribution in [-0.4, -0.2) is 16.6 Å². The maximum atomic E-state index is 10.7. The van der Waals surface area contributed by atoms with Crippen molar-refractivity contribution >= 4 is 27.7 Å². The van der Waals surface area contributed by atoms with E-state index in [1.165, 1.54) is 6.07 Å². The summed E-state index contributed by atoms with van der Waals surface area (Å²) in [5.41, 5.74) is 0.593. The molecule has 80 valence electrons. The number of aliphatic hydroxyl groups excluding tert-OH is 1. The third-order valence-corrected chi connectivity index (χ3v) is 2.28. The Hall–Kier alpha value is -1.20. The molecule has 0 atom stereocenters. The van der Waals surface area contributed by atoms with Gasteiger partial charge in [-0.05, 0) is 18.6 Å². The maximum absolute atomic E-state index is 10.7. The van der Waals surface area contributed by atoms with E-state index in [2.05, 4.69) is 15.9 Å². The summed E-state index contributed by atoms with van der Waals surface area (Å²) < 4.78 is 0.675. The quantitative estimate of drug-likeness (QED) is 0.677. The first-order chi connectivity index (χ1) is 7.15. The zero-order chi connectivity index (χ0) is 11.3. The van der Waals surface area contributed by atoms with Gasteiger partial charge in [-0.3, -0.25) is 10.1 Å². The van der Waals surface area contributed by atoms with Crippen molar-refractivity contribution in [1.29, 1.82) is 0 Å². The van der Waals surface area contributed by atoms with Crippen molar-refractivity contribution in [3.05, 3.63) is 44.4 Å². The number of halogens is 1. The van der Waals surface area contributed by atoms with Crippen LogP contribution < -0.4 is 0 Å². The fourth-order valence-corrected chi connectivity index (χ4v) is 1.45. The van der Waals surface area contributed by atoms with Crippen molar-refractivity contribution < 1.29 is 10.0 Å². The second-order valence-corrected chi connectivity index (χ2v) is 3.79. The average molecular weight is 272 g/mol. The van der Waals surface area contributed by atoms with Gasteiger partial charge in [0.25, 0.3) is 5.69 Å². The molecule has 15 heavy (non-hydrogen) atoms. The van der Waals surface area contributed by atoms with Gasteiger partial charge in [-0.2, -0.15) is 0 Å². The van der Waals surface area contributed by atoms with Gasteiger partial charge in [0, 0.05) is 17.1 Å². The third-order valence-electron chi connectivity index (χ3n) is 1.78. The van der Waals surface area contributed by atoms with E-state index in [-0.39, 0.29) is 12.3 Å². The summed E-state index contributed by atoms with van der Waals surface area (Å²) in [6.07, 6.45) is 3.84. The van der Waals surface area contributed by atoms with Crippen molar-refractivity contribution in [2.24, 2.45) is 0 Å². The van der Waals surface area contributed by atoms with Crippen LogP contribution >= 0.6 is 15.9 Å². The zero-order valence-corrected chi connectivity index (χ0v) is 9.48. The summed E-state index contributed by atoms with van der Waals surface area (Å²) in [6.45, 7) is 0.0425. The van der Waals surface area contributed by atoms with E-state index in [0.29, 0.717) is 16.5 Å². The minimum absolute atomic E-state index is 0.0425. The Bertz CT molecular complexity index is 390. The number of hydrogen-bond acceptors (Lipinski definition) is 3. The second-order valence-electron chi connectivity index (χ2n) is 2.87. The van der Waals surface area contributed by atoms with Crippen LogP contribution in [0.2, 0.25) is 0 Å². The second kappa shape index (κ2) is 5.63. The van der Waals surface area contributed by atoms with E-state index in [0.717, 1.165) is 0 Å². The Balaban J connectivity index is 3.01. The van der Waals surface area contributed by atoms with Crippen LogP contribution in [0.25, 0.3) is 6.08 Å². The van der Waals surface area contributed by atoms with Crippen LogP contribution in [0.3, 0.4) is 0 Å². The molecule has 1 aromatic carbocycles. The lowest BCUT2D eigenvalue weighted by Gasteiger charge is -1.98. The number of benzene rings is 1. The monoisotopic (exact) mass is 271 g/mol. The molecule has 0 bridgehead atoms. The first-order valence-electron chi connectivity index (χ1n) is 4.36. The Morgan fingerprint density at radius 2 is 2.27 bits per heavy atom. The summed E-state index contributed by atoms with van der Waals surface area (Å²) >= 11 is 3.18. The predicted molar refractivity (Wildman–Crippen MR) is 61.5 cm³/mol. The van der Waals surface area contributed by atoms with Crippen molar-refractivity contribution in [3.63, 3.8) is 0 Å². The van der Waals surface area contributed by atoms with Gasteiger partial charge in [0.05, 0.1) is 10.5 Å². The lowest BCUT2D eigenvalue weighted by atomic mass is 10.1. The van der Waals surface area contributed by atoms with Crippen molar-refractivity contribution in [3.8, 4) is 0 Å². The number of nitro groups is 1. The Labute approximate surface area is 95.5 Å². The number of nitrogens with zero attached hydrogens (tertiary/aromatic N) is 1. The molecule has 1 aromatic rings. The molecule has 0 unspecified atom stereocenters. The number of aliphatic hydroxyl groups is 1. The fourth-order valence-electron chi connectivity index (χ4n) is 1.10. The first-order valence-corrected chi connectivity index (χ1v) is 5.16. The molecule has 0 radical (unpaired) electrons. The van der Waals surface area contributed by atoms with Gasteiger partial charge in [0.15, 0.2) is 0 Å². The highest BCUT2D eigenvalue weighted by Crippen LogP contribution is 2.24. The summed E-state index contributed by atoms with van der Waals surface area (Å²) in [5, 5.41) is 19.3. The standard InChI is InChI=1S/C10H10BrNO3/c11-9-5-4-8(3-1-2-6-13)10(7-9)12(14)15/h1,3-5,7,13H,2,6H2. The molecule has 0 saturated heterocycles. The minimum Gasteiger partial charge on any atom is -0.396 e. The smallest absolute Gasteiger partial charge is 0.277 e. The molecule has 0 amide bonds. The first kappa shape index (κ1) is 11.9. The molecule has 0 aliphatic carbocycles. The maximum Gasteiger partial charge on any atom is 0.277 e. The lowest BCUT2D eigenvalue weighted by molar-refractivity contribution is -0.385. The molecule has 0 aliphatic rings. The fraction of sp³-hybridized carbons (Fsp3) is 0.200. The van der Waals surface area contributed by atoms with Gasteiger partial charge in [-0.25, -0.2) is 0 Å². The van der Waals surface area contributed by atoms with Gasteiger partial charge < -0.3 is 5.11 Å². The summed E-state index contributed by atoms with van der Waals surface area (Å²) in [6, 6.07) is 4.86. The highest BCUT2D eigenvalue weighted by Gasteiger charge is 2.11. The van der Waals surface area contributed by atoms with Crippen molar-refractivity contribution in [2.75, 3.05) is 6.61 Å². The van der Waals surface area contributed by atoms with Crippen LogP contribution in [0.1, 0.15) is 12.0 Å². The Morgan fingerprint density at radius 3 is 2.87 bits per heavy atom. The topological polar surface area (TPSA) is 63.4 Å². The lowest BCUT2D eigenvalue weighted by Crippen LogP contribution is -1.91. The van der Waals surface area contributed by atoms with Crippen molar-refractivity contribution in [1.82, 2.24) is 0 Å². The van der Waals surface area contributed by atoms with Crippen LogP contribution in [0, 0.1) is 10.1 Å². The summed E-state index contributed by atoms with van der Waals surface area (Å²) in [7, 11) is 0. The molecule has 0 aromatic heterocycles. The molecule has 0 aliphatic heterocycles. The third kappa shape index (κ3) is 3.45. The van der Waals surface area contributed by atoms with Crippen molar-refractivity contribution in [2.45, 2.75) is 6.42 Å². The van der Waals surface area contributed by atoms with Gasteiger partial charge in [-0.1, -0.05) is 28.1 Å². The SMILES string of the molecule is O=[N+]([O-])c1cc(Br)ccc1C=CCCO. The largest absolute Gasteiger partial charge is 0.396 e. The molecule has 1 rings (SSSR count). The highest BCUT2D eigenvalue weighted by molar-refractivity contribution is 9.10. The van der Waals surface area contributed by atoms with Crippen LogP contribution in [0.5, 0.6) is 0 Å². The Morgan fingerprint density at radius 1 is 1.53 bits per heavy atom. The molecular weight excluding hydrogens is 262 g/mol. The van der Waals surface area contributed by atoms with E-state index in [1.54, 1.807) is 24.3 Å². The molecule has 0 saturated carbocycles. The number of nitro benzene ring substituents is 1. The molecule has 0 heterocycles. The van der Waals surface area contributed by atoms with E-state index in [9.17, 15) is 10.1 Å². The van der Waals surface area contributed by atoms with Gasteiger partial charge >= 0.3 is 0 Å². The molecule has 0 spiro atoms. The predicted octanol–water partition coefficient (Wildman–Crippen LogP) is 2.75. The molecular formula is C10H10BrNO3. The number of hydrogen-bond donors (Lipinski definition) is 1. The summed E-state index contributed by atoms with van der Waals surface area (Å²) in [4.78, 5) is 10.3. The number of rotatable bonds is 4. The molecule has 0 fully saturated rings. The minimum atomic E-state index is -0.427. The van der Waals surface area contributed by atoms with Crippen LogP contribution in [0.4, 0.5) is 5.69 Å². The van der Waals surface area contributed by atoms with E-state index in [1.807, 2.05) is 0 Å². The van der Waals surface area contributed by atoms with E-state index in [4.69, 9.17) is 5.11 Å². The molecule has 5 heteroatoms. The van der Waals surface area contributed by atoms with Crippen LogP contribution in [-0.2, 0) is 0 Å². The summed E-state index contributed by atoms with van der Waals surface area (Å²) in [5.74, 6) is 0. The van der Waals surface area contributed by atoms with Gasteiger partial charge in [-0.15, -0.1) is 0 Å². The van der Waals surface area contributed by atoms with E-state index >= 15 is 0 Å². The van der Waals surface area contributed by atoms with Gasteiger partial charge in [0.1, 0.15) is 0 Å². The normalized spacial score (nSPS) is 10.8. The molecule has 1 N–H and O–H groups in total. The van der Waals surface area contributed by atoms with Crippen LogP contribution in [0.15, 0.2) is 28.7 Å². The zero-order valence-electron chi connectivity index (χ0n) is 7.89. The van der Waals surface area contributed by atoms with Gasteiger partial charge in [0.2, 0.25) is 0 Å². The highest BCUT2D eigenvalue weighted by atomic mass is 79.9. The molecule has 4 nitrogen and oxygen atoms in total.